The number of aliphatic hydroxyl groups is 3. The van der Waals surface area contributed by atoms with E-state index in [0.717, 1.165) is 5.56 Å². The largest absolute Gasteiger partial charge is 0.493 e. The second kappa shape index (κ2) is 21.6. The van der Waals surface area contributed by atoms with E-state index in [0.29, 0.717) is 35.8 Å². The number of ether oxygens (including phenoxy) is 4. The minimum atomic E-state index is -0.915. The SMILES string of the molecule is COc1cc(C=CCOC(=O)CCCO[N+](=O)[O-])ccc1OC(=O)CCCC=CC[C@@H]1[C@@H](C=C[C@@H](O)COc2cccc(Cl)c2)[C@H](O)C[C@@H]1O. The summed E-state index contributed by atoms with van der Waals surface area (Å²) in [5, 5.41) is 41.1. The fourth-order valence-electron chi connectivity index (χ4n) is 5.29. The predicted octanol–water partition coefficient (Wildman–Crippen LogP) is 5.27. The van der Waals surface area contributed by atoms with Crippen LogP contribution in [0.15, 0.2) is 72.8 Å². The van der Waals surface area contributed by atoms with E-state index in [4.69, 9.17) is 30.5 Å². The van der Waals surface area contributed by atoms with Crippen molar-refractivity contribution in [1.29, 1.82) is 0 Å². The Bertz CT molecular complexity index is 1480. The minimum Gasteiger partial charge on any atom is -0.493 e. The predicted molar refractivity (Wildman–Crippen MR) is 184 cm³/mol. The standard InChI is InChI=1S/C36H44ClNO12/c1-46-34-21-25(9-7-19-47-35(42)14-8-20-49-38(44)45)15-18-33(34)50-36(43)13-5-3-2-4-12-29-30(32(41)23-31(29)40)17-16-27(39)24-48-28-11-6-10-26(37)22-28/h2,4,6-7,9-11,15-18,21-22,27,29-32,39-41H,3,5,8,12-14,19-20,23-24H2,1H3/t27-,29-,30-,31+,32-/m1/s1. The number of carbonyl (C=O) groups excluding carboxylic acids is 2. The summed E-state index contributed by atoms with van der Waals surface area (Å²) in [6.45, 7) is -0.153. The number of halogens is 1. The average Bonchev–Trinajstić information content (AvgIpc) is 3.35. The Morgan fingerprint density at radius 1 is 1.04 bits per heavy atom. The number of benzene rings is 2. The maximum absolute atomic E-state index is 12.5. The molecule has 3 rings (SSSR count). The fourth-order valence-corrected chi connectivity index (χ4v) is 5.47. The molecule has 5 atom stereocenters. The molecular weight excluding hydrogens is 674 g/mol. The van der Waals surface area contributed by atoms with Gasteiger partial charge in [0.05, 0.1) is 25.9 Å². The molecule has 1 aliphatic carbocycles. The second-order valence-corrected chi connectivity index (χ2v) is 12.0. The van der Waals surface area contributed by atoms with Crippen molar-refractivity contribution in [3.05, 3.63) is 93.5 Å². The normalized spacial score (nSPS) is 19.5. The highest BCUT2D eigenvalue weighted by atomic mass is 35.5. The molecule has 50 heavy (non-hydrogen) atoms. The molecule has 0 saturated heterocycles. The summed E-state index contributed by atoms with van der Waals surface area (Å²) in [5.41, 5.74) is 0.721. The van der Waals surface area contributed by atoms with Crippen LogP contribution in [0.4, 0.5) is 0 Å². The number of esters is 2. The molecular formula is C36H44ClNO12. The Morgan fingerprint density at radius 2 is 1.84 bits per heavy atom. The van der Waals surface area contributed by atoms with E-state index < -0.39 is 35.3 Å². The topological polar surface area (TPSA) is 184 Å². The molecule has 0 bridgehead atoms. The number of carbonyl (C=O) groups is 2. The van der Waals surface area contributed by atoms with Crippen molar-refractivity contribution in [3.8, 4) is 17.2 Å². The summed E-state index contributed by atoms with van der Waals surface area (Å²) in [6, 6.07) is 11.9. The van der Waals surface area contributed by atoms with E-state index >= 15 is 0 Å². The Kier molecular flexibility index (Phi) is 17.3. The summed E-state index contributed by atoms with van der Waals surface area (Å²) in [7, 11) is 1.45. The van der Waals surface area contributed by atoms with Crippen LogP contribution in [0.5, 0.6) is 17.2 Å². The van der Waals surface area contributed by atoms with Gasteiger partial charge < -0.3 is 39.1 Å². The zero-order valence-corrected chi connectivity index (χ0v) is 28.6. The van der Waals surface area contributed by atoms with Crippen LogP contribution >= 0.6 is 11.6 Å². The van der Waals surface area contributed by atoms with E-state index in [1.165, 1.54) is 7.11 Å². The number of nitrogens with zero attached hydrogens (tertiary/aromatic N) is 1. The molecule has 0 radical (unpaired) electrons. The molecule has 0 aromatic heterocycles. The zero-order chi connectivity index (χ0) is 36.3. The Morgan fingerprint density at radius 3 is 2.60 bits per heavy atom. The minimum absolute atomic E-state index is 0.00327. The van der Waals surface area contributed by atoms with Gasteiger partial charge >= 0.3 is 11.9 Å². The molecule has 14 heteroatoms. The number of rotatable bonds is 21. The van der Waals surface area contributed by atoms with E-state index in [1.54, 1.807) is 66.8 Å². The van der Waals surface area contributed by atoms with Crippen LogP contribution in [0.25, 0.3) is 6.08 Å². The van der Waals surface area contributed by atoms with Gasteiger partial charge in [0, 0.05) is 30.2 Å². The van der Waals surface area contributed by atoms with E-state index in [9.17, 15) is 35.0 Å². The van der Waals surface area contributed by atoms with Crippen molar-refractivity contribution < 1.29 is 53.8 Å². The first-order valence-electron chi connectivity index (χ1n) is 16.3. The van der Waals surface area contributed by atoms with Crippen molar-refractivity contribution in [2.45, 2.75) is 63.3 Å². The van der Waals surface area contributed by atoms with Gasteiger partial charge in [-0.2, -0.15) is 0 Å². The molecule has 3 N–H and O–H groups in total. The summed E-state index contributed by atoms with van der Waals surface area (Å²) >= 11 is 5.96. The van der Waals surface area contributed by atoms with Crippen LogP contribution in [0, 0.1) is 22.0 Å². The Hall–Kier alpha value is -4.43. The molecule has 1 aliphatic rings. The molecule has 1 saturated carbocycles. The lowest BCUT2D eigenvalue weighted by Crippen LogP contribution is -2.21. The first-order valence-corrected chi connectivity index (χ1v) is 16.7. The third-order valence-corrected chi connectivity index (χ3v) is 8.03. The summed E-state index contributed by atoms with van der Waals surface area (Å²) < 4.78 is 21.5. The molecule has 0 unspecified atom stereocenters. The monoisotopic (exact) mass is 717 g/mol. The highest BCUT2D eigenvalue weighted by molar-refractivity contribution is 6.30. The lowest BCUT2D eigenvalue weighted by atomic mass is 9.89. The van der Waals surface area contributed by atoms with Gasteiger partial charge in [0.15, 0.2) is 11.5 Å². The molecule has 0 amide bonds. The summed E-state index contributed by atoms with van der Waals surface area (Å²) in [5.74, 6) is -0.325. The van der Waals surface area contributed by atoms with Gasteiger partial charge in [0.25, 0.3) is 5.09 Å². The highest BCUT2D eigenvalue weighted by Gasteiger charge is 2.39. The molecule has 2 aromatic rings. The quantitative estimate of drug-likeness (QED) is 0.0380. The molecule has 0 aliphatic heterocycles. The van der Waals surface area contributed by atoms with E-state index in [1.807, 2.05) is 12.2 Å². The maximum atomic E-state index is 12.5. The van der Waals surface area contributed by atoms with Crippen molar-refractivity contribution in [2.75, 3.05) is 26.9 Å². The lowest BCUT2D eigenvalue weighted by molar-refractivity contribution is -0.757. The smallest absolute Gasteiger partial charge is 0.311 e. The van der Waals surface area contributed by atoms with Crippen LogP contribution in [0.3, 0.4) is 0 Å². The van der Waals surface area contributed by atoms with Crippen LogP contribution in [0.1, 0.15) is 50.5 Å². The number of unbranched alkanes of at least 4 members (excludes halogenated alkanes) is 1. The van der Waals surface area contributed by atoms with Crippen LogP contribution in [-0.2, 0) is 19.2 Å². The average molecular weight is 718 g/mol. The van der Waals surface area contributed by atoms with Gasteiger partial charge in [-0.3, -0.25) is 9.59 Å². The van der Waals surface area contributed by atoms with Gasteiger partial charge in [-0.1, -0.05) is 54.1 Å². The van der Waals surface area contributed by atoms with Gasteiger partial charge in [0.2, 0.25) is 0 Å². The molecule has 1 fully saturated rings. The number of aliphatic hydroxyl groups excluding tert-OH is 3. The van der Waals surface area contributed by atoms with Gasteiger partial charge in [-0.05, 0) is 73.6 Å². The molecule has 0 heterocycles. The first-order chi connectivity index (χ1) is 24.0. The second-order valence-electron chi connectivity index (χ2n) is 11.6. The van der Waals surface area contributed by atoms with E-state index in [-0.39, 0.29) is 63.1 Å². The highest BCUT2D eigenvalue weighted by Crippen LogP contribution is 2.36. The molecule has 0 spiro atoms. The van der Waals surface area contributed by atoms with Gasteiger partial charge in [0.1, 0.15) is 25.1 Å². The number of allylic oxidation sites excluding steroid dienone is 2. The van der Waals surface area contributed by atoms with Gasteiger partial charge in [-0.15, -0.1) is 10.1 Å². The number of hydrogen-bond acceptors (Lipinski definition) is 12. The van der Waals surface area contributed by atoms with Crippen LogP contribution in [0.2, 0.25) is 5.02 Å². The third-order valence-electron chi connectivity index (χ3n) is 7.80. The van der Waals surface area contributed by atoms with E-state index in [2.05, 4.69) is 4.84 Å². The van der Waals surface area contributed by atoms with Crippen molar-refractivity contribution in [2.24, 2.45) is 11.8 Å². The zero-order valence-electron chi connectivity index (χ0n) is 27.8. The third kappa shape index (κ3) is 14.6. The van der Waals surface area contributed by atoms with Crippen molar-refractivity contribution in [3.63, 3.8) is 0 Å². The van der Waals surface area contributed by atoms with Crippen molar-refractivity contribution >= 4 is 29.6 Å². The fraction of sp³-hybridized carbons (Fsp3) is 0.444. The maximum Gasteiger partial charge on any atom is 0.311 e. The van der Waals surface area contributed by atoms with Crippen LogP contribution < -0.4 is 14.2 Å². The van der Waals surface area contributed by atoms with Crippen molar-refractivity contribution in [1.82, 2.24) is 0 Å². The molecule has 2 aromatic carbocycles. The Labute approximate surface area is 295 Å². The van der Waals surface area contributed by atoms with Gasteiger partial charge in [-0.25, -0.2) is 0 Å². The summed E-state index contributed by atoms with van der Waals surface area (Å²) in [4.78, 5) is 38.4. The summed E-state index contributed by atoms with van der Waals surface area (Å²) in [6.07, 6.45) is 10.4. The first kappa shape index (κ1) is 40.0. The molecule has 272 valence electrons. The number of methoxy groups -OCH3 is 1. The van der Waals surface area contributed by atoms with Crippen LogP contribution in [-0.4, -0.2) is 77.6 Å². The Balaban J connectivity index is 1.37. The number of hydrogen-bond donors (Lipinski definition) is 3. The molecule has 13 nitrogen and oxygen atoms in total. The lowest BCUT2D eigenvalue weighted by Gasteiger charge is -2.19.